The molecule has 0 radical (unpaired) electrons. The zero-order valence-corrected chi connectivity index (χ0v) is 13.7. The van der Waals surface area contributed by atoms with Crippen molar-refractivity contribution in [2.45, 2.75) is 32.7 Å². The van der Waals surface area contributed by atoms with Crippen molar-refractivity contribution >= 4 is 11.2 Å². The van der Waals surface area contributed by atoms with Crippen molar-refractivity contribution in [1.82, 2.24) is 19.4 Å². The average molecular weight is 302 g/mol. The molecule has 120 valence electrons. The van der Waals surface area contributed by atoms with Crippen molar-refractivity contribution in [2.24, 2.45) is 5.92 Å². The first-order valence-corrected chi connectivity index (χ1v) is 8.33. The van der Waals surface area contributed by atoms with Gasteiger partial charge in [0.2, 0.25) is 0 Å². The summed E-state index contributed by atoms with van der Waals surface area (Å²) >= 11 is 0. The fourth-order valence-electron chi connectivity index (χ4n) is 3.39. The number of fused-ring (bicyclic) bond motifs is 1. The first-order chi connectivity index (χ1) is 10.8. The zero-order chi connectivity index (χ0) is 15.4. The van der Waals surface area contributed by atoms with Crippen molar-refractivity contribution in [3.63, 3.8) is 0 Å². The van der Waals surface area contributed by atoms with Crippen LogP contribution in [-0.2, 0) is 17.7 Å². The van der Waals surface area contributed by atoms with Gasteiger partial charge in [0.05, 0.1) is 0 Å². The van der Waals surface area contributed by atoms with Crippen LogP contribution < -0.4 is 0 Å². The minimum atomic E-state index is 0.720. The van der Waals surface area contributed by atoms with Gasteiger partial charge in [0.25, 0.3) is 0 Å². The van der Waals surface area contributed by atoms with Crippen LogP contribution >= 0.6 is 0 Å². The molecule has 1 atom stereocenters. The van der Waals surface area contributed by atoms with Crippen molar-refractivity contribution in [2.75, 3.05) is 33.4 Å². The number of likely N-dealkylation sites (tertiary alicyclic amines) is 1. The molecule has 1 aliphatic rings. The zero-order valence-electron chi connectivity index (χ0n) is 13.7. The summed E-state index contributed by atoms with van der Waals surface area (Å²) < 4.78 is 7.49. The molecule has 1 unspecified atom stereocenters. The normalized spacial score (nSPS) is 19.3. The summed E-state index contributed by atoms with van der Waals surface area (Å²) in [6.45, 7) is 7.53. The standard InChI is InChI=1S/C17H26N4O/c1-3-20-10-7-14(13-20)12-16-19-15-6-4-8-18-17(15)21(16)9-5-11-22-2/h4,6,8,14H,3,5,7,9-13H2,1-2H3. The highest BCUT2D eigenvalue weighted by Crippen LogP contribution is 2.23. The molecule has 0 N–H and O–H groups in total. The van der Waals surface area contributed by atoms with Crippen molar-refractivity contribution in [1.29, 1.82) is 0 Å². The van der Waals surface area contributed by atoms with Crippen LogP contribution in [0, 0.1) is 5.92 Å². The Balaban J connectivity index is 1.79. The van der Waals surface area contributed by atoms with Crippen molar-refractivity contribution in [3.05, 3.63) is 24.2 Å². The average Bonchev–Trinajstić information content (AvgIpc) is 3.13. The predicted octanol–water partition coefficient (Wildman–Crippen LogP) is 2.35. The van der Waals surface area contributed by atoms with E-state index < -0.39 is 0 Å². The first-order valence-electron chi connectivity index (χ1n) is 8.33. The highest BCUT2D eigenvalue weighted by Gasteiger charge is 2.24. The molecule has 1 fully saturated rings. The minimum Gasteiger partial charge on any atom is -0.385 e. The van der Waals surface area contributed by atoms with Crippen LogP contribution in [-0.4, -0.2) is 52.8 Å². The van der Waals surface area contributed by atoms with Crippen molar-refractivity contribution < 1.29 is 4.74 Å². The number of hydrogen-bond acceptors (Lipinski definition) is 4. The molecular formula is C17H26N4O. The molecular weight excluding hydrogens is 276 g/mol. The van der Waals surface area contributed by atoms with E-state index in [1.807, 2.05) is 12.3 Å². The van der Waals surface area contributed by atoms with E-state index in [0.29, 0.717) is 0 Å². The van der Waals surface area contributed by atoms with Gasteiger partial charge in [0.15, 0.2) is 5.65 Å². The van der Waals surface area contributed by atoms with Gasteiger partial charge in [0, 0.05) is 39.4 Å². The Labute approximate surface area is 132 Å². The highest BCUT2D eigenvalue weighted by atomic mass is 16.5. The van der Waals surface area contributed by atoms with Crippen molar-refractivity contribution in [3.8, 4) is 0 Å². The minimum absolute atomic E-state index is 0.720. The molecule has 0 aromatic carbocycles. The second-order valence-corrected chi connectivity index (χ2v) is 6.12. The lowest BCUT2D eigenvalue weighted by atomic mass is 10.0. The second kappa shape index (κ2) is 7.20. The number of aromatic nitrogens is 3. The Morgan fingerprint density at radius 1 is 1.41 bits per heavy atom. The first kappa shape index (κ1) is 15.4. The number of aryl methyl sites for hydroxylation is 1. The van der Waals surface area contributed by atoms with E-state index in [2.05, 4.69) is 27.4 Å². The van der Waals surface area contributed by atoms with Gasteiger partial charge in [-0.15, -0.1) is 0 Å². The number of pyridine rings is 1. The lowest BCUT2D eigenvalue weighted by Crippen LogP contribution is -2.21. The van der Waals surface area contributed by atoms with E-state index in [1.54, 1.807) is 7.11 Å². The largest absolute Gasteiger partial charge is 0.385 e. The molecule has 2 aromatic heterocycles. The van der Waals surface area contributed by atoms with Crippen LogP contribution in [0.1, 0.15) is 25.6 Å². The molecule has 22 heavy (non-hydrogen) atoms. The van der Waals surface area contributed by atoms with E-state index in [0.717, 1.165) is 49.6 Å². The SMILES string of the molecule is CCN1CCC(Cc2nc3cccnc3n2CCCOC)C1. The molecule has 5 nitrogen and oxygen atoms in total. The summed E-state index contributed by atoms with van der Waals surface area (Å²) in [6.07, 6.45) is 5.19. The Hall–Kier alpha value is -1.46. The monoisotopic (exact) mass is 302 g/mol. The molecule has 0 spiro atoms. The van der Waals surface area contributed by atoms with Gasteiger partial charge in [-0.25, -0.2) is 9.97 Å². The van der Waals surface area contributed by atoms with Crippen LogP contribution in [0.4, 0.5) is 0 Å². The Morgan fingerprint density at radius 2 is 2.32 bits per heavy atom. The maximum absolute atomic E-state index is 5.19. The molecule has 2 aromatic rings. The quantitative estimate of drug-likeness (QED) is 0.736. The van der Waals surface area contributed by atoms with Gasteiger partial charge in [-0.3, -0.25) is 0 Å². The fourth-order valence-corrected chi connectivity index (χ4v) is 3.39. The maximum atomic E-state index is 5.19. The lowest BCUT2D eigenvalue weighted by molar-refractivity contribution is 0.190. The topological polar surface area (TPSA) is 43.2 Å². The van der Waals surface area contributed by atoms with Crippen LogP contribution in [0.3, 0.4) is 0 Å². The van der Waals surface area contributed by atoms with E-state index >= 15 is 0 Å². The Bertz CT molecular complexity index is 610. The van der Waals surface area contributed by atoms with Crippen LogP contribution in [0.15, 0.2) is 18.3 Å². The third-order valence-corrected chi connectivity index (χ3v) is 4.60. The van der Waals surface area contributed by atoms with Gasteiger partial charge in [-0.2, -0.15) is 0 Å². The van der Waals surface area contributed by atoms with Gasteiger partial charge in [0.1, 0.15) is 11.3 Å². The summed E-state index contributed by atoms with van der Waals surface area (Å²) in [6, 6.07) is 4.03. The molecule has 0 amide bonds. The number of nitrogens with zero attached hydrogens (tertiary/aromatic N) is 4. The third-order valence-electron chi connectivity index (χ3n) is 4.60. The van der Waals surface area contributed by atoms with Gasteiger partial charge >= 0.3 is 0 Å². The highest BCUT2D eigenvalue weighted by molar-refractivity contribution is 5.71. The maximum Gasteiger partial charge on any atom is 0.159 e. The summed E-state index contributed by atoms with van der Waals surface area (Å²) in [5.41, 5.74) is 2.03. The summed E-state index contributed by atoms with van der Waals surface area (Å²) in [5.74, 6) is 1.91. The number of methoxy groups -OCH3 is 1. The van der Waals surface area contributed by atoms with Gasteiger partial charge in [-0.1, -0.05) is 6.92 Å². The van der Waals surface area contributed by atoms with E-state index in [1.165, 1.54) is 25.3 Å². The molecule has 0 saturated carbocycles. The summed E-state index contributed by atoms with van der Waals surface area (Å²) in [5, 5.41) is 0. The predicted molar refractivity (Wildman–Crippen MR) is 87.9 cm³/mol. The summed E-state index contributed by atoms with van der Waals surface area (Å²) in [4.78, 5) is 11.9. The fraction of sp³-hybridized carbons (Fsp3) is 0.647. The molecule has 1 aliphatic heterocycles. The van der Waals surface area contributed by atoms with Gasteiger partial charge in [-0.05, 0) is 44.0 Å². The Morgan fingerprint density at radius 3 is 3.09 bits per heavy atom. The van der Waals surface area contributed by atoms with Crippen LogP contribution in [0.5, 0.6) is 0 Å². The number of ether oxygens (including phenoxy) is 1. The lowest BCUT2D eigenvalue weighted by Gasteiger charge is -2.14. The smallest absolute Gasteiger partial charge is 0.159 e. The molecule has 3 heterocycles. The van der Waals surface area contributed by atoms with E-state index in [-0.39, 0.29) is 0 Å². The van der Waals surface area contributed by atoms with E-state index in [4.69, 9.17) is 9.72 Å². The third kappa shape index (κ3) is 3.31. The van der Waals surface area contributed by atoms with Crippen LogP contribution in [0.2, 0.25) is 0 Å². The molecule has 3 rings (SSSR count). The van der Waals surface area contributed by atoms with Gasteiger partial charge < -0.3 is 14.2 Å². The molecule has 0 aliphatic carbocycles. The number of imidazole rings is 1. The van der Waals surface area contributed by atoms with E-state index in [9.17, 15) is 0 Å². The number of rotatable bonds is 7. The number of hydrogen-bond donors (Lipinski definition) is 0. The second-order valence-electron chi connectivity index (χ2n) is 6.12. The van der Waals surface area contributed by atoms with Crippen LogP contribution in [0.25, 0.3) is 11.2 Å². The summed E-state index contributed by atoms with van der Waals surface area (Å²) in [7, 11) is 1.75. The molecule has 5 heteroatoms. The molecule has 1 saturated heterocycles. The Kier molecular flexibility index (Phi) is 5.05. The molecule has 0 bridgehead atoms.